The van der Waals surface area contributed by atoms with E-state index >= 15 is 0 Å². The second-order valence-corrected chi connectivity index (χ2v) is 10.6. The first-order chi connectivity index (χ1) is 18.3. The minimum Gasteiger partial charge on any atom is -0.371 e. The lowest BCUT2D eigenvalue weighted by atomic mass is 9.85. The third-order valence-corrected chi connectivity index (χ3v) is 7.95. The second-order valence-electron chi connectivity index (χ2n) is 10.6. The Morgan fingerprint density at radius 3 is 2.78 bits per heavy atom. The van der Waals surface area contributed by atoms with Crippen LogP contribution in [0.4, 0.5) is 5.69 Å². The number of nitrogens with zero attached hydrogens (tertiary/aromatic N) is 7. The Bertz CT molecular complexity index is 1520. The van der Waals surface area contributed by atoms with Crippen molar-refractivity contribution < 1.29 is 0 Å². The van der Waals surface area contributed by atoms with E-state index in [1.807, 2.05) is 17.1 Å². The van der Waals surface area contributed by atoms with Crippen molar-refractivity contribution >= 4 is 22.2 Å². The fraction of sp³-hybridized carbons (Fsp3) is 0.429. The van der Waals surface area contributed by atoms with Gasteiger partial charge in [-0.05, 0) is 68.3 Å². The van der Waals surface area contributed by atoms with Crippen molar-refractivity contribution in [1.29, 1.82) is 0 Å². The summed E-state index contributed by atoms with van der Waals surface area (Å²) in [7, 11) is 0. The Morgan fingerprint density at radius 2 is 1.92 bits per heavy atom. The fourth-order valence-electron chi connectivity index (χ4n) is 5.64. The van der Waals surface area contributed by atoms with Crippen LogP contribution >= 0.6 is 0 Å². The van der Waals surface area contributed by atoms with Gasteiger partial charge in [-0.1, -0.05) is 17.7 Å². The standard InChI is InChI=1S/C28H33N9/c1-2-9-35(10-3-1)23-11-24(25-15-30-32-26(25)12-23)27-19-37(34-33-27)18-22-17-36-16-21(7-8-28(36)31-22)14-29-13-20-5-4-6-20/h7-8,11-12,15-17,19-20,29H,1-6,9-10,13-14,18H2,(H,30,32). The minimum absolute atomic E-state index is 0.574. The zero-order chi connectivity index (χ0) is 24.6. The van der Waals surface area contributed by atoms with Gasteiger partial charge in [0, 0.05) is 48.7 Å². The maximum Gasteiger partial charge on any atom is 0.137 e. The summed E-state index contributed by atoms with van der Waals surface area (Å²) < 4.78 is 3.99. The first-order valence-electron chi connectivity index (χ1n) is 13.6. The smallest absolute Gasteiger partial charge is 0.137 e. The van der Waals surface area contributed by atoms with Gasteiger partial charge in [0.2, 0.25) is 0 Å². The summed E-state index contributed by atoms with van der Waals surface area (Å²) in [4.78, 5) is 7.28. The zero-order valence-corrected chi connectivity index (χ0v) is 21.1. The van der Waals surface area contributed by atoms with Crippen LogP contribution in [0.1, 0.15) is 49.8 Å². The number of hydrogen-bond donors (Lipinski definition) is 2. The van der Waals surface area contributed by atoms with Crippen molar-refractivity contribution in [2.75, 3.05) is 24.5 Å². The van der Waals surface area contributed by atoms with Gasteiger partial charge in [0.1, 0.15) is 11.3 Å². The molecule has 0 spiro atoms. The van der Waals surface area contributed by atoms with E-state index in [4.69, 9.17) is 4.98 Å². The Hall–Kier alpha value is -3.72. The second kappa shape index (κ2) is 9.63. The van der Waals surface area contributed by atoms with Crippen LogP contribution in [-0.2, 0) is 13.1 Å². The van der Waals surface area contributed by atoms with Crippen LogP contribution in [0.5, 0.6) is 0 Å². The fourth-order valence-corrected chi connectivity index (χ4v) is 5.64. The van der Waals surface area contributed by atoms with Crippen LogP contribution in [0.25, 0.3) is 27.8 Å². The van der Waals surface area contributed by atoms with Crippen molar-refractivity contribution in [3.8, 4) is 11.3 Å². The van der Waals surface area contributed by atoms with Crippen LogP contribution in [0.15, 0.2) is 49.1 Å². The van der Waals surface area contributed by atoms with E-state index in [2.05, 4.69) is 71.8 Å². The number of nitrogens with one attached hydrogen (secondary N) is 2. The van der Waals surface area contributed by atoms with Crippen LogP contribution < -0.4 is 10.2 Å². The van der Waals surface area contributed by atoms with Gasteiger partial charge in [-0.2, -0.15) is 5.10 Å². The highest BCUT2D eigenvalue weighted by Crippen LogP contribution is 2.32. The van der Waals surface area contributed by atoms with Crippen molar-refractivity contribution in [1.82, 2.24) is 39.9 Å². The lowest BCUT2D eigenvalue weighted by molar-refractivity contribution is 0.301. The van der Waals surface area contributed by atoms with Gasteiger partial charge in [0.25, 0.3) is 0 Å². The number of benzene rings is 1. The third-order valence-electron chi connectivity index (χ3n) is 7.95. The predicted molar refractivity (Wildman–Crippen MR) is 145 cm³/mol. The van der Waals surface area contributed by atoms with Crippen LogP contribution in [0.2, 0.25) is 0 Å². The molecule has 0 atom stereocenters. The van der Waals surface area contributed by atoms with Gasteiger partial charge >= 0.3 is 0 Å². The molecule has 1 aliphatic carbocycles. The molecule has 0 amide bonds. The Morgan fingerprint density at radius 1 is 1.00 bits per heavy atom. The van der Waals surface area contributed by atoms with Gasteiger partial charge in [-0.3, -0.25) is 5.10 Å². The summed E-state index contributed by atoms with van der Waals surface area (Å²) in [5.41, 5.74) is 7.36. The quantitative estimate of drug-likeness (QED) is 0.332. The van der Waals surface area contributed by atoms with E-state index in [0.717, 1.165) is 65.6 Å². The average Bonchev–Trinajstić information content (AvgIpc) is 3.65. The van der Waals surface area contributed by atoms with E-state index in [1.54, 1.807) is 0 Å². The van der Waals surface area contributed by atoms with Gasteiger partial charge in [0.05, 0.1) is 30.1 Å². The molecule has 1 saturated heterocycles. The summed E-state index contributed by atoms with van der Waals surface area (Å²) in [5, 5.41) is 21.1. The maximum absolute atomic E-state index is 4.81. The number of pyridine rings is 1. The van der Waals surface area contributed by atoms with Gasteiger partial charge in [-0.15, -0.1) is 5.10 Å². The van der Waals surface area contributed by atoms with E-state index < -0.39 is 0 Å². The summed E-state index contributed by atoms with van der Waals surface area (Å²) in [6, 6.07) is 8.70. The molecule has 1 aromatic carbocycles. The monoisotopic (exact) mass is 495 g/mol. The highest BCUT2D eigenvalue weighted by atomic mass is 15.4. The molecule has 9 nitrogen and oxygen atoms in total. The molecule has 4 aromatic heterocycles. The number of H-pyrrole nitrogens is 1. The molecule has 2 aliphatic rings. The molecule has 1 aliphatic heterocycles. The maximum atomic E-state index is 4.81. The normalized spacial score (nSPS) is 16.6. The molecule has 0 unspecified atom stereocenters. The number of hydrogen-bond acceptors (Lipinski definition) is 6. The van der Waals surface area contributed by atoms with Crippen LogP contribution in [-0.4, -0.2) is 54.2 Å². The number of imidazole rings is 1. The molecule has 7 rings (SSSR count). The summed E-state index contributed by atoms with van der Waals surface area (Å²) in [6.07, 6.45) is 16.1. The zero-order valence-electron chi connectivity index (χ0n) is 21.1. The lowest BCUT2D eigenvalue weighted by Crippen LogP contribution is -2.29. The predicted octanol–water partition coefficient (Wildman–Crippen LogP) is 4.40. The van der Waals surface area contributed by atoms with Crippen molar-refractivity contribution in [3.63, 3.8) is 0 Å². The average molecular weight is 496 g/mol. The Labute approximate surface area is 215 Å². The number of aromatic amines is 1. The van der Waals surface area contributed by atoms with Gasteiger partial charge in [-0.25, -0.2) is 9.67 Å². The summed E-state index contributed by atoms with van der Waals surface area (Å²) in [6.45, 7) is 4.78. The largest absolute Gasteiger partial charge is 0.371 e. The highest BCUT2D eigenvalue weighted by molar-refractivity contribution is 5.96. The molecule has 5 heterocycles. The van der Waals surface area contributed by atoms with Crippen LogP contribution in [0, 0.1) is 5.92 Å². The van der Waals surface area contributed by atoms with Crippen molar-refractivity contribution in [2.24, 2.45) is 5.92 Å². The van der Waals surface area contributed by atoms with Gasteiger partial charge < -0.3 is 14.6 Å². The molecule has 5 aromatic rings. The molecule has 2 fully saturated rings. The minimum atomic E-state index is 0.574. The highest BCUT2D eigenvalue weighted by Gasteiger charge is 2.18. The number of piperidine rings is 1. The molecule has 2 N–H and O–H groups in total. The third kappa shape index (κ3) is 4.59. The molecule has 0 radical (unpaired) electrons. The Balaban J connectivity index is 1.09. The first kappa shape index (κ1) is 22.5. The first-order valence-corrected chi connectivity index (χ1v) is 13.6. The van der Waals surface area contributed by atoms with E-state index in [9.17, 15) is 0 Å². The van der Waals surface area contributed by atoms with E-state index in [0.29, 0.717) is 6.54 Å². The number of anilines is 1. The lowest BCUT2D eigenvalue weighted by Gasteiger charge is -2.29. The molecule has 1 saturated carbocycles. The van der Waals surface area contributed by atoms with E-state index in [-0.39, 0.29) is 0 Å². The molecular weight excluding hydrogens is 462 g/mol. The van der Waals surface area contributed by atoms with Crippen molar-refractivity contribution in [3.05, 3.63) is 60.3 Å². The number of fused-ring (bicyclic) bond motifs is 2. The summed E-state index contributed by atoms with van der Waals surface area (Å²) >= 11 is 0. The molecule has 0 bridgehead atoms. The molecule has 9 heteroatoms. The summed E-state index contributed by atoms with van der Waals surface area (Å²) in [5.74, 6) is 0.869. The Kier molecular flexibility index (Phi) is 5.85. The SMILES string of the molecule is c1cc2nc(Cn3cc(-c4cc(N5CCCCC5)cc5[nH]ncc45)nn3)cn2cc1CNCC1CCC1. The topological polar surface area (TPSA) is 92.0 Å². The number of rotatable bonds is 8. The molecule has 37 heavy (non-hydrogen) atoms. The van der Waals surface area contributed by atoms with Gasteiger partial charge in [0.15, 0.2) is 0 Å². The molecular formula is C28H33N9. The van der Waals surface area contributed by atoms with Crippen molar-refractivity contribution in [2.45, 2.75) is 51.6 Å². The number of aromatic nitrogens is 7. The van der Waals surface area contributed by atoms with Crippen LogP contribution in [0.3, 0.4) is 0 Å². The molecule has 190 valence electrons. The van der Waals surface area contributed by atoms with E-state index in [1.165, 1.54) is 49.8 Å².